The van der Waals surface area contributed by atoms with E-state index in [1.54, 1.807) is 24.5 Å². The molecule has 0 fully saturated rings. The van der Waals surface area contributed by atoms with Crippen LogP contribution >= 0.6 is 0 Å². The number of benzene rings is 2. The van der Waals surface area contributed by atoms with Gasteiger partial charge >= 0.3 is 6.61 Å². The fourth-order valence-electron chi connectivity index (χ4n) is 3.32. The number of nitrogens with zero attached hydrogens (tertiary/aromatic N) is 1. The number of hydrogen-bond donors (Lipinski definition) is 3. The zero-order valence-corrected chi connectivity index (χ0v) is 17.3. The van der Waals surface area contributed by atoms with E-state index in [0.29, 0.717) is 19.4 Å². The molecule has 3 rings (SSSR count). The molecule has 168 valence electrons. The maximum Gasteiger partial charge on any atom is 0.387 e. The van der Waals surface area contributed by atoms with E-state index in [0.717, 1.165) is 22.3 Å². The summed E-state index contributed by atoms with van der Waals surface area (Å²) in [4.78, 5) is 15.1. The van der Waals surface area contributed by atoms with Crippen molar-refractivity contribution in [1.29, 1.82) is 0 Å². The van der Waals surface area contributed by atoms with Crippen LogP contribution in [0.5, 0.6) is 5.75 Å². The number of carbonyl (C=O) groups is 1. The largest absolute Gasteiger partial charge is 0.435 e. The molecular weight excluding hydrogens is 416 g/mol. The molecule has 2 unspecified atom stereocenters. The molecule has 2 atom stereocenters. The molecule has 3 aromatic rings. The summed E-state index contributed by atoms with van der Waals surface area (Å²) >= 11 is 0. The lowest BCUT2D eigenvalue weighted by molar-refractivity contribution is -0.110. The minimum Gasteiger partial charge on any atom is -0.435 e. The third kappa shape index (κ3) is 7.11. The molecule has 0 aliphatic carbocycles. The van der Waals surface area contributed by atoms with Crippen LogP contribution in [-0.2, 0) is 17.8 Å². The van der Waals surface area contributed by atoms with Crippen LogP contribution < -0.4 is 15.4 Å². The number of aliphatic hydroxyl groups excluding tert-OH is 1. The van der Waals surface area contributed by atoms with Gasteiger partial charge in [-0.3, -0.25) is 9.78 Å². The van der Waals surface area contributed by atoms with Gasteiger partial charge < -0.3 is 20.5 Å². The normalized spacial score (nSPS) is 12.9. The Balaban J connectivity index is 1.51. The zero-order valence-electron chi connectivity index (χ0n) is 17.3. The molecular formula is C24H25F2N3O3. The number of aromatic nitrogens is 1. The van der Waals surface area contributed by atoms with Gasteiger partial charge in [0.05, 0.1) is 12.1 Å². The van der Waals surface area contributed by atoms with Crippen molar-refractivity contribution in [3.63, 3.8) is 0 Å². The standard InChI is InChI=1S/C24H25F2N3O3/c25-24(26)32-21-7-3-18(4-8-21)14-28-15-23(31)22(29-16-30)13-17-1-5-19(6-2-17)20-9-11-27-12-10-20/h1-12,16,22-24,28,31H,13-15H2,(H,29,30). The van der Waals surface area contributed by atoms with Gasteiger partial charge in [-0.15, -0.1) is 0 Å². The van der Waals surface area contributed by atoms with Gasteiger partial charge in [0.15, 0.2) is 0 Å². The zero-order chi connectivity index (χ0) is 22.8. The number of rotatable bonds is 12. The highest BCUT2D eigenvalue weighted by Gasteiger charge is 2.19. The molecule has 1 amide bonds. The van der Waals surface area contributed by atoms with Crippen molar-refractivity contribution >= 4 is 6.41 Å². The number of carbonyl (C=O) groups excluding carboxylic acids is 1. The predicted molar refractivity (Wildman–Crippen MR) is 117 cm³/mol. The van der Waals surface area contributed by atoms with Crippen molar-refractivity contribution in [3.8, 4) is 16.9 Å². The Bertz CT molecular complexity index is 954. The van der Waals surface area contributed by atoms with Crippen molar-refractivity contribution < 1.29 is 23.4 Å². The lowest BCUT2D eigenvalue weighted by atomic mass is 9.98. The molecule has 0 aliphatic rings. The third-order valence-electron chi connectivity index (χ3n) is 5.00. The van der Waals surface area contributed by atoms with Gasteiger partial charge in [0.2, 0.25) is 6.41 Å². The SMILES string of the molecule is O=CNC(Cc1ccc(-c2ccncc2)cc1)C(O)CNCc1ccc(OC(F)F)cc1. The summed E-state index contributed by atoms with van der Waals surface area (Å²) in [5.41, 5.74) is 3.96. The summed E-state index contributed by atoms with van der Waals surface area (Å²) < 4.78 is 28.7. The first-order valence-electron chi connectivity index (χ1n) is 10.2. The minimum absolute atomic E-state index is 0.0916. The number of alkyl halides is 2. The van der Waals surface area contributed by atoms with Crippen LogP contribution in [0.25, 0.3) is 11.1 Å². The summed E-state index contributed by atoms with van der Waals surface area (Å²) in [7, 11) is 0. The fourth-order valence-corrected chi connectivity index (χ4v) is 3.32. The van der Waals surface area contributed by atoms with Crippen molar-refractivity contribution in [2.45, 2.75) is 31.7 Å². The predicted octanol–water partition coefficient (Wildman–Crippen LogP) is 3.16. The van der Waals surface area contributed by atoms with Gasteiger partial charge in [0, 0.05) is 25.5 Å². The van der Waals surface area contributed by atoms with Gasteiger partial charge in [-0.05, 0) is 52.9 Å². The van der Waals surface area contributed by atoms with Crippen LogP contribution in [0.2, 0.25) is 0 Å². The Labute approximate surface area is 185 Å². The van der Waals surface area contributed by atoms with Crippen LogP contribution in [-0.4, -0.2) is 41.8 Å². The van der Waals surface area contributed by atoms with E-state index in [2.05, 4.69) is 20.4 Å². The van der Waals surface area contributed by atoms with Gasteiger partial charge in [0.25, 0.3) is 0 Å². The van der Waals surface area contributed by atoms with Crippen molar-refractivity contribution in [3.05, 3.63) is 84.2 Å². The van der Waals surface area contributed by atoms with Crippen LogP contribution in [0.4, 0.5) is 8.78 Å². The average molecular weight is 441 g/mol. The fraction of sp³-hybridized carbons (Fsp3) is 0.250. The Hall–Kier alpha value is -3.36. The molecule has 2 aromatic carbocycles. The molecule has 0 spiro atoms. The highest BCUT2D eigenvalue weighted by molar-refractivity contribution is 5.62. The van der Waals surface area contributed by atoms with Crippen LogP contribution in [0, 0.1) is 0 Å². The summed E-state index contributed by atoms with van der Waals surface area (Å²) in [5, 5.41) is 16.4. The van der Waals surface area contributed by atoms with E-state index in [-0.39, 0.29) is 12.3 Å². The van der Waals surface area contributed by atoms with Gasteiger partial charge in [0.1, 0.15) is 5.75 Å². The number of ether oxygens (including phenoxy) is 1. The first kappa shape index (κ1) is 23.3. The molecule has 1 aromatic heterocycles. The lowest BCUT2D eigenvalue weighted by Gasteiger charge is -2.23. The number of hydrogen-bond acceptors (Lipinski definition) is 5. The maximum atomic E-state index is 12.2. The van der Waals surface area contributed by atoms with Gasteiger partial charge in [-0.1, -0.05) is 36.4 Å². The van der Waals surface area contributed by atoms with E-state index in [4.69, 9.17) is 0 Å². The van der Waals surface area contributed by atoms with Crippen LogP contribution in [0.1, 0.15) is 11.1 Å². The number of aliphatic hydroxyl groups is 1. The topological polar surface area (TPSA) is 83.5 Å². The number of pyridine rings is 1. The molecule has 0 saturated carbocycles. The highest BCUT2D eigenvalue weighted by Crippen LogP contribution is 2.19. The molecule has 6 nitrogen and oxygen atoms in total. The number of nitrogens with one attached hydrogen (secondary N) is 2. The molecule has 0 bridgehead atoms. The monoisotopic (exact) mass is 441 g/mol. The summed E-state index contributed by atoms with van der Waals surface area (Å²) in [6.45, 7) is -2.18. The molecule has 0 radical (unpaired) electrons. The first-order chi connectivity index (χ1) is 15.5. The molecule has 8 heteroatoms. The van der Waals surface area contributed by atoms with E-state index >= 15 is 0 Å². The Morgan fingerprint density at radius 1 is 0.938 bits per heavy atom. The maximum absolute atomic E-state index is 12.2. The lowest BCUT2D eigenvalue weighted by Crippen LogP contribution is -2.45. The average Bonchev–Trinajstić information content (AvgIpc) is 2.80. The molecule has 1 heterocycles. The molecule has 32 heavy (non-hydrogen) atoms. The van der Waals surface area contributed by atoms with Crippen molar-refractivity contribution in [2.24, 2.45) is 0 Å². The smallest absolute Gasteiger partial charge is 0.387 e. The van der Waals surface area contributed by atoms with Gasteiger partial charge in [-0.25, -0.2) is 0 Å². The summed E-state index contributed by atoms with van der Waals surface area (Å²) in [5.74, 6) is 0.0916. The van der Waals surface area contributed by atoms with Crippen LogP contribution in [0.3, 0.4) is 0 Å². The summed E-state index contributed by atoms with van der Waals surface area (Å²) in [6.07, 6.45) is 3.71. The second-order valence-corrected chi connectivity index (χ2v) is 7.25. The quantitative estimate of drug-likeness (QED) is 0.376. The van der Waals surface area contributed by atoms with E-state index < -0.39 is 18.8 Å². The molecule has 0 saturated heterocycles. The van der Waals surface area contributed by atoms with E-state index in [1.807, 2.05) is 36.4 Å². The Morgan fingerprint density at radius 2 is 1.56 bits per heavy atom. The Kier molecular flexibility index (Phi) is 8.65. The first-order valence-corrected chi connectivity index (χ1v) is 10.2. The van der Waals surface area contributed by atoms with Crippen molar-refractivity contribution in [1.82, 2.24) is 15.6 Å². The van der Waals surface area contributed by atoms with Gasteiger partial charge in [-0.2, -0.15) is 8.78 Å². The molecule has 0 aliphatic heterocycles. The van der Waals surface area contributed by atoms with E-state index in [9.17, 15) is 18.7 Å². The number of halogens is 2. The number of amides is 1. The molecule has 3 N–H and O–H groups in total. The Morgan fingerprint density at radius 3 is 2.19 bits per heavy atom. The second kappa shape index (κ2) is 11.9. The van der Waals surface area contributed by atoms with Crippen LogP contribution in [0.15, 0.2) is 73.1 Å². The second-order valence-electron chi connectivity index (χ2n) is 7.25. The minimum atomic E-state index is -2.86. The highest BCUT2D eigenvalue weighted by atomic mass is 19.3. The van der Waals surface area contributed by atoms with Crippen molar-refractivity contribution in [2.75, 3.05) is 6.54 Å². The third-order valence-corrected chi connectivity index (χ3v) is 5.00. The summed E-state index contributed by atoms with van der Waals surface area (Å²) in [6, 6.07) is 17.6. The van der Waals surface area contributed by atoms with E-state index in [1.165, 1.54) is 12.1 Å².